The molecular formula is C17H26N2O2S. The van der Waals surface area contributed by atoms with Gasteiger partial charge in [0.15, 0.2) is 0 Å². The molecule has 2 rings (SSSR count). The van der Waals surface area contributed by atoms with Crippen LogP contribution in [0.5, 0.6) is 0 Å². The fraction of sp³-hybridized carbons (Fsp3) is 0.588. The van der Waals surface area contributed by atoms with Crippen molar-refractivity contribution in [1.29, 1.82) is 0 Å². The van der Waals surface area contributed by atoms with Crippen molar-refractivity contribution >= 4 is 23.4 Å². The summed E-state index contributed by atoms with van der Waals surface area (Å²) in [5.74, 6) is 0.0383. The number of amides is 1. The number of nitrogens with one attached hydrogen (secondary N) is 1. The number of nitrogens with zero attached hydrogens (tertiary/aromatic N) is 1. The minimum absolute atomic E-state index is 0.0383. The van der Waals surface area contributed by atoms with Crippen LogP contribution in [0.2, 0.25) is 0 Å². The lowest BCUT2D eigenvalue weighted by Gasteiger charge is -2.37. The highest BCUT2D eigenvalue weighted by molar-refractivity contribution is 7.98. The van der Waals surface area contributed by atoms with Crippen LogP contribution in [-0.2, 0) is 4.79 Å². The Balaban J connectivity index is 1.86. The second-order valence-corrected chi connectivity index (χ2v) is 6.69. The maximum Gasteiger partial charge on any atom is 0.225 e. The van der Waals surface area contributed by atoms with Crippen molar-refractivity contribution in [3.05, 3.63) is 24.3 Å². The Hall–Kier alpha value is -1.04. The molecule has 2 atom stereocenters. The molecule has 1 fully saturated rings. The van der Waals surface area contributed by atoms with Crippen molar-refractivity contribution in [1.82, 2.24) is 4.90 Å². The average Bonchev–Trinajstić information content (AvgIpc) is 2.53. The molecule has 1 aliphatic heterocycles. The van der Waals surface area contributed by atoms with Crippen LogP contribution in [0, 0.1) is 0 Å². The van der Waals surface area contributed by atoms with Gasteiger partial charge in [0.1, 0.15) is 0 Å². The van der Waals surface area contributed by atoms with E-state index in [-0.39, 0.29) is 18.1 Å². The van der Waals surface area contributed by atoms with Crippen LogP contribution in [0.4, 0.5) is 5.69 Å². The second kappa shape index (κ2) is 8.56. The van der Waals surface area contributed by atoms with Crippen LogP contribution in [0.15, 0.2) is 29.2 Å². The molecule has 22 heavy (non-hydrogen) atoms. The first-order valence-electron chi connectivity index (χ1n) is 7.97. The molecule has 1 saturated heterocycles. The number of hydrogen-bond acceptors (Lipinski definition) is 4. The zero-order chi connectivity index (χ0) is 15.9. The molecular weight excluding hydrogens is 296 g/mol. The predicted octanol–water partition coefficient (Wildman–Crippen LogP) is 2.97. The Morgan fingerprint density at radius 2 is 2.23 bits per heavy atom. The molecule has 122 valence electrons. The summed E-state index contributed by atoms with van der Waals surface area (Å²) < 4.78 is 0. The maximum absolute atomic E-state index is 12.2. The number of carbonyl (C=O) groups excluding carboxylic acids is 1. The van der Waals surface area contributed by atoms with Gasteiger partial charge in [0.2, 0.25) is 5.91 Å². The van der Waals surface area contributed by atoms with Gasteiger partial charge in [-0.3, -0.25) is 9.69 Å². The van der Waals surface area contributed by atoms with Gasteiger partial charge in [-0.1, -0.05) is 18.6 Å². The SMILES string of the molecule is CSc1ccccc1NC(=O)CCN1CCCCC1C(C)O. The second-order valence-electron chi connectivity index (χ2n) is 5.84. The van der Waals surface area contributed by atoms with Crippen LogP contribution in [-0.4, -0.2) is 47.4 Å². The monoisotopic (exact) mass is 322 g/mol. The number of anilines is 1. The van der Waals surface area contributed by atoms with Crippen molar-refractivity contribution in [2.24, 2.45) is 0 Å². The number of aliphatic hydroxyl groups excluding tert-OH is 1. The molecule has 2 N–H and O–H groups in total. The highest BCUT2D eigenvalue weighted by Gasteiger charge is 2.26. The molecule has 1 amide bonds. The Bertz CT molecular complexity index is 493. The smallest absolute Gasteiger partial charge is 0.225 e. The molecule has 0 aromatic heterocycles. The van der Waals surface area contributed by atoms with Gasteiger partial charge in [0.25, 0.3) is 0 Å². The molecule has 1 aromatic carbocycles. The molecule has 0 radical (unpaired) electrons. The fourth-order valence-electron chi connectivity index (χ4n) is 3.05. The molecule has 4 nitrogen and oxygen atoms in total. The van der Waals surface area contributed by atoms with Crippen LogP contribution >= 0.6 is 11.8 Å². The van der Waals surface area contributed by atoms with Crippen molar-refractivity contribution < 1.29 is 9.90 Å². The first-order chi connectivity index (χ1) is 10.6. The maximum atomic E-state index is 12.2. The van der Waals surface area contributed by atoms with Crippen LogP contribution in [0.1, 0.15) is 32.6 Å². The largest absolute Gasteiger partial charge is 0.392 e. The van der Waals surface area contributed by atoms with E-state index in [1.165, 1.54) is 6.42 Å². The van der Waals surface area contributed by atoms with Gasteiger partial charge in [-0.25, -0.2) is 0 Å². The van der Waals surface area contributed by atoms with E-state index in [1.807, 2.05) is 37.4 Å². The molecule has 0 spiro atoms. The number of para-hydroxylation sites is 1. The standard InChI is InChI=1S/C17H26N2O2S/c1-13(20)15-8-5-6-11-19(15)12-10-17(21)18-14-7-3-4-9-16(14)22-2/h3-4,7,9,13,15,20H,5-6,8,10-12H2,1-2H3,(H,18,21). The summed E-state index contributed by atoms with van der Waals surface area (Å²) in [7, 11) is 0. The highest BCUT2D eigenvalue weighted by atomic mass is 32.2. The van der Waals surface area contributed by atoms with E-state index < -0.39 is 0 Å². The summed E-state index contributed by atoms with van der Waals surface area (Å²) in [6, 6.07) is 8.05. The lowest BCUT2D eigenvalue weighted by molar-refractivity contribution is -0.116. The third-order valence-electron chi connectivity index (χ3n) is 4.23. The van der Waals surface area contributed by atoms with Crippen LogP contribution in [0.25, 0.3) is 0 Å². The zero-order valence-corrected chi connectivity index (χ0v) is 14.2. The first kappa shape index (κ1) is 17.3. The Morgan fingerprint density at radius 3 is 2.95 bits per heavy atom. The fourth-order valence-corrected chi connectivity index (χ4v) is 3.60. The highest BCUT2D eigenvalue weighted by Crippen LogP contribution is 2.25. The number of carbonyl (C=O) groups is 1. The summed E-state index contributed by atoms with van der Waals surface area (Å²) in [4.78, 5) is 15.5. The number of aliphatic hydroxyl groups is 1. The summed E-state index contributed by atoms with van der Waals surface area (Å²) in [6.07, 6.45) is 5.48. The van der Waals surface area contributed by atoms with Crippen LogP contribution in [0.3, 0.4) is 0 Å². The van der Waals surface area contributed by atoms with E-state index in [2.05, 4.69) is 10.2 Å². The van der Waals surface area contributed by atoms with Crippen molar-refractivity contribution in [2.75, 3.05) is 24.7 Å². The molecule has 1 aromatic rings. The number of likely N-dealkylation sites (tertiary alicyclic amines) is 1. The molecule has 0 bridgehead atoms. The number of thioether (sulfide) groups is 1. The van der Waals surface area contributed by atoms with E-state index in [1.54, 1.807) is 11.8 Å². The summed E-state index contributed by atoms with van der Waals surface area (Å²) in [5, 5.41) is 12.9. The number of rotatable bonds is 6. The normalized spacial score (nSPS) is 20.6. The third kappa shape index (κ3) is 4.73. The van der Waals surface area contributed by atoms with Crippen LogP contribution < -0.4 is 5.32 Å². The molecule has 1 aliphatic rings. The molecule has 1 heterocycles. The van der Waals surface area contributed by atoms with E-state index >= 15 is 0 Å². The Kier molecular flexibility index (Phi) is 6.73. The Morgan fingerprint density at radius 1 is 1.45 bits per heavy atom. The number of piperidine rings is 1. The predicted molar refractivity (Wildman–Crippen MR) is 92.4 cm³/mol. The van der Waals surface area contributed by atoms with Gasteiger partial charge >= 0.3 is 0 Å². The summed E-state index contributed by atoms with van der Waals surface area (Å²) >= 11 is 1.63. The topological polar surface area (TPSA) is 52.6 Å². The third-order valence-corrected chi connectivity index (χ3v) is 5.02. The molecule has 2 unspecified atom stereocenters. The summed E-state index contributed by atoms with van der Waals surface area (Å²) in [5.41, 5.74) is 0.880. The van der Waals surface area contributed by atoms with E-state index in [4.69, 9.17) is 0 Å². The zero-order valence-electron chi connectivity index (χ0n) is 13.4. The number of hydrogen-bond donors (Lipinski definition) is 2. The lowest BCUT2D eigenvalue weighted by Crippen LogP contribution is -2.46. The van der Waals surface area contributed by atoms with Gasteiger partial charge in [-0.05, 0) is 44.7 Å². The molecule has 0 aliphatic carbocycles. The minimum atomic E-state index is -0.333. The lowest BCUT2D eigenvalue weighted by atomic mass is 9.98. The van der Waals surface area contributed by atoms with E-state index in [9.17, 15) is 9.90 Å². The van der Waals surface area contributed by atoms with Crippen molar-refractivity contribution in [3.8, 4) is 0 Å². The van der Waals surface area contributed by atoms with E-state index in [0.29, 0.717) is 13.0 Å². The van der Waals surface area contributed by atoms with Gasteiger partial charge in [0, 0.05) is 23.9 Å². The first-order valence-corrected chi connectivity index (χ1v) is 9.19. The van der Waals surface area contributed by atoms with Crippen molar-refractivity contribution in [2.45, 2.75) is 49.6 Å². The van der Waals surface area contributed by atoms with E-state index in [0.717, 1.165) is 30.0 Å². The Labute approximate surface area is 137 Å². The van der Waals surface area contributed by atoms with Gasteiger partial charge < -0.3 is 10.4 Å². The van der Waals surface area contributed by atoms with Gasteiger partial charge in [0.05, 0.1) is 11.8 Å². The number of benzene rings is 1. The molecule has 0 saturated carbocycles. The average molecular weight is 322 g/mol. The summed E-state index contributed by atoms with van der Waals surface area (Å²) in [6.45, 7) is 3.53. The van der Waals surface area contributed by atoms with Gasteiger partial charge in [-0.15, -0.1) is 11.8 Å². The van der Waals surface area contributed by atoms with Gasteiger partial charge in [-0.2, -0.15) is 0 Å². The quantitative estimate of drug-likeness (QED) is 0.791. The molecule has 5 heteroatoms. The van der Waals surface area contributed by atoms with Crippen molar-refractivity contribution in [3.63, 3.8) is 0 Å². The minimum Gasteiger partial charge on any atom is -0.392 e.